The molecule has 25 heteroatoms. The number of rotatable bonds is 13. The third kappa shape index (κ3) is 17.6. The van der Waals surface area contributed by atoms with Gasteiger partial charge in [0.1, 0.15) is 30.1 Å². The zero-order chi connectivity index (χ0) is 74.5. The van der Waals surface area contributed by atoms with Gasteiger partial charge in [-0.3, -0.25) is 62.1 Å². The highest BCUT2D eigenvalue weighted by Gasteiger charge is 2.41. The number of carbonyl (C=O) groups is 9. The minimum absolute atomic E-state index is 0.0463. The number of hydrogen-bond donors (Lipinski definition) is 6. The highest BCUT2D eigenvalue weighted by Crippen LogP contribution is 2.39. The maximum absolute atomic E-state index is 13.2. The van der Waals surface area contributed by atoms with Crippen molar-refractivity contribution in [2.24, 2.45) is 5.92 Å². The Hall–Kier alpha value is -12.0. The Kier molecular flexibility index (Phi) is 23.6. The molecule has 4 amide bonds. The molecule has 8 aromatic carbocycles. The van der Waals surface area contributed by atoms with Crippen molar-refractivity contribution in [1.82, 2.24) is 28.9 Å². The molecule has 4 heterocycles. The highest BCUT2D eigenvalue weighted by atomic mass is 32.3. The Bertz CT molecular complexity index is 4930. The lowest BCUT2D eigenvalue weighted by atomic mass is 9.83. The summed E-state index contributed by atoms with van der Waals surface area (Å²) in [7, 11) is -4.67. The topological polar surface area (TPSA) is 360 Å². The fourth-order valence-electron chi connectivity index (χ4n) is 13.4. The molecule has 0 bridgehead atoms. The van der Waals surface area contributed by atoms with Gasteiger partial charge in [0, 0.05) is 77.4 Å². The Balaban J connectivity index is 0.000000139. The van der Waals surface area contributed by atoms with Gasteiger partial charge in [0.15, 0.2) is 28.9 Å². The van der Waals surface area contributed by atoms with E-state index in [-0.39, 0.29) is 71.3 Å². The number of carbonyl (C=O) groups excluding carboxylic acids is 9. The second kappa shape index (κ2) is 33.4. The summed E-state index contributed by atoms with van der Waals surface area (Å²) in [6, 6.07) is 51.4. The van der Waals surface area contributed by atoms with Crippen LogP contribution in [0.4, 0.5) is 0 Å². The van der Waals surface area contributed by atoms with E-state index in [4.69, 9.17) is 32.5 Å². The molecule has 0 spiro atoms. The van der Waals surface area contributed by atoms with Crippen molar-refractivity contribution in [3.05, 3.63) is 302 Å². The van der Waals surface area contributed by atoms with Crippen LogP contribution in [-0.2, 0) is 55.7 Å². The molecule has 6 N–H and O–H groups in total. The summed E-state index contributed by atoms with van der Waals surface area (Å²) in [4.78, 5) is 121. The van der Waals surface area contributed by atoms with E-state index < -0.39 is 41.0 Å². The largest absolute Gasteiger partial charge is 0.508 e. The molecule has 0 fully saturated rings. The number of nitrogens with zero attached hydrogens (tertiary/aromatic N) is 6. The lowest BCUT2D eigenvalue weighted by Gasteiger charge is -2.27. The molecule has 16 rings (SSSR count). The van der Waals surface area contributed by atoms with Crippen molar-refractivity contribution >= 4 is 62.9 Å². The molecule has 1 unspecified atom stereocenters. The number of Topliss-reactive ketones (excluding diaryl/α,β-unsaturated/α-hetero) is 5. The second-order valence-corrected chi connectivity index (χ2v) is 26.1. The maximum atomic E-state index is 13.2. The van der Waals surface area contributed by atoms with Gasteiger partial charge in [-0.05, 0) is 145 Å². The van der Waals surface area contributed by atoms with Crippen molar-refractivity contribution in [2.45, 2.75) is 96.1 Å². The van der Waals surface area contributed by atoms with Crippen LogP contribution < -0.4 is 4.74 Å². The summed E-state index contributed by atoms with van der Waals surface area (Å²) in [5, 5.41) is 38.0. The molecule has 24 nitrogen and oxygen atoms in total. The van der Waals surface area contributed by atoms with Crippen LogP contribution in [0.1, 0.15) is 183 Å². The number of fused-ring (bicyclic) bond motifs is 6. The van der Waals surface area contributed by atoms with E-state index in [0.717, 1.165) is 64.0 Å². The normalized spacial score (nSPS) is 15.3. The minimum Gasteiger partial charge on any atom is -0.508 e. The van der Waals surface area contributed by atoms with Crippen LogP contribution >= 0.6 is 0 Å². The summed E-state index contributed by atoms with van der Waals surface area (Å²) in [5.74, 6) is -1.50. The number of aliphatic hydroxyl groups is 2. The smallest absolute Gasteiger partial charge is 0.394 e. The average molecular weight is 1440 g/mol. The number of imide groups is 2. The fourth-order valence-corrected chi connectivity index (χ4v) is 13.4. The van der Waals surface area contributed by atoms with Crippen molar-refractivity contribution in [3.63, 3.8) is 0 Å². The maximum Gasteiger partial charge on any atom is 0.394 e. The summed E-state index contributed by atoms with van der Waals surface area (Å²) >= 11 is 0. The van der Waals surface area contributed by atoms with Crippen LogP contribution in [0.5, 0.6) is 17.2 Å². The predicted octanol–water partition coefficient (Wildman–Crippen LogP) is 11.3. The zero-order valence-electron chi connectivity index (χ0n) is 56.5. The van der Waals surface area contributed by atoms with Crippen LogP contribution in [0.2, 0.25) is 0 Å². The number of hydrogen-bond acceptors (Lipinski definition) is 18. The van der Waals surface area contributed by atoms with E-state index in [1.165, 1.54) is 11.0 Å². The number of phenolic OH excluding ortho intramolecular Hbond substituents is 2. The van der Waals surface area contributed by atoms with E-state index in [1.54, 1.807) is 128 Å². The Morgan fingerprint density at radius 1 is 0.467 bits per heavy atom. The molecule has 4 aliphatic carbocycles. The van der Waals surface area contributed by atoms with Gasteiger partial charge in [-0.15, -0.1) is 0 Å². The van der Waals surface area contributed by atoms with Crippen LogP contribution in [0.25, 0.3) is 0 Å². The van der Waals surface area contributed by atoms with Crippen LogP contribution in [-0.4, -0.2) is 126 Å². The molecule has 10 aromatic rings. The van der Waals surface area contributed by atoms with Crippen LogP contribution in [0, 0.1) is 5.92 Å². The van der Waals surface area contributed by atoms with Gasteiger partial charge in [0.2, 0.25) is 0 Å². The average Bonchev–Trinajstić information content (AvgIpc) is 1.54. The number of benzene rings is 8. The quantitative estimate of drug-likeness (QED) is 0.0355. The molecule has 0 saturated heterocycles. The van der Waals surface area contributed by atoms with E-state index in [9.17, 15) is 53.4 Å². The number of aliphatic hydroxyl groups excluding tert-OH is 2. The van der Waals surface area contributed by atoms with Crippen molar-refractivity contribution in [3.8, 4) is 17.2 Å². The van der Waals surface area contributed by atoms with E-state index >= 15 is 0 Å². The first kappa shape index (κ1) is 74.2. The van der Waals surface area contributed by atoms with Gasteiger partial charge >= 0.3 is 10.4 Å². The summed E-state index contributed by atoms with van der Waals surface area (Å²) in [5.41, 5.74) is 10.3. The number of aryl methyl sites for hydroxylation is 1. The molecule has 2 aliphatic heterocycles. The first-order valence-corrected chi connectivity index (χ1v) is 35.1. The van der Waals surface area contributed by atoms with Crippen molar-refractivity contribution in [2.75, 3.05) is 6.73 Å². The van der Waals surface area contributed by atoms with Gasteiger partial charge in [-0.1, -0.05) is 109 Å². The monoisotopic (exact) mass is 1440 g/mol. The Morgan fingerprint density at radius 2 is 0.895 bits per heavy atom. The lowest BCUT2D eigenvalue weighted by molar-refractivity contribution is 0.0486. The molecular formula is C80H72N6O18S. The van der Waals surface area contributed by atoms with Gasteiger partial charge in [0.25, 0.3) is 23.6 Å². The van der Waals surface area contributed by atoms with Gasteiger partial charge < -0.3 is 34.3 Å². The van der Waals surface area contributed by atoms with E-state index in [1.807, 2.05) is 88.3 Å². The number of ketones is 5. The fraction of sp³-hybridized carbons (Fsp3) is 0.212. The minimum atomic E-state index is -4.67. The summed E-state index contributed by atoms with van der Waals surface area (Å²) < 4.78 is 42.0. The SMILES string of the molecule is O=C1CCCc2c1ccc(O)c2CC1C(=O)c2ccccc2C1=O.O=C1CCCc2c1ccc(OC(Cn1ccnc1)c1ccccc1)c2CN1C(=O)c2ccccc2C1=O.O=C1CCCc2cc(O)ccc21.O=C1c2ccccc2C(=O)N1CO.O=S(=O)(O)O.O[C@@H](Cn1ccnc1)c1ccccc1. The molecule has 536 valence electrons. The predicted molar refractivity (Wildman–Crippen MR) is 381 cm³/mol. The van der Waals surface area contributed by atoms with Crippen LogP contribution in [0.15, 0.2) is 213 Å². The zero-order valence-corrected chi connectivity index (χ0v) is 57.3. The van der Waals surface area contributed by atoms with Gasteiger partial charge in [-0.2, -0.15) is 8.42 Å². The van der Waals surface area contributed by atoms with E-state index in [0.29, 0.717) is 107 Å². The molecule has 2 atom stereocenters. The molecule has 105 heavy (non-hydrogen) atoms. The van der Waals surface area contributed by atoms with Crippen LogP contribution in [0.3, 0.4) is 0 Å². The van der Waals surface area contributed by atoms with Gasteiger partial charge in [0.05, 0.1) is 66.6 Å². The highest BCUT2D eigenvalue weighted by molar-refractivity contribution is 7.79. The van der Waals surface area contributed by atoms with Crippen molar-refractivity contribution < 1.29 is 85.8 Å². The van der Waals surface area contributed by atoms with Crippen molar-refractivity contribution in [1.29, 1.82) is 0 Å². The molecule has 0 saturated carbocycles. The molecule has 6 aliphatic rings. The summed E-state index contributed by atoms with van der Waals surface area (Å²) in [6.45, 7) is 0.549. The third-order valence-corrected chi connectivity index (χ3v) is 18.5. The third-order valence-electron chi connectivity index (χ3n) is 18.5. The number of ether oxygens (including phenoxy) is 1. The molecule has 2 aromatic heterocycles. The first-order valence-electron chi connectivity index (χ1n) is 33.7. The number of imidazole rings is 2. The van der Waals surface area contributed by atoms with E-state index in [2.05, 4.69) is 9.97 Å². The molecule has 0 radical (unpaired) electrons. The number of phenols is 2. The second-order valence-electron chi connectivity index (χ2n) is 25.2. The molecular weight excluding hydrogens is 1360 g/mol. The number of aromatic hydroxyl groups is 2. The van der Waals surface area contributed by atoms with Gasteiger partial charge in [-0.25, -0.2) is 9.97 Å². The Labute approximate surface area is 603 Å². The number of aromatic nitrogens is 4. The lowest BCUT2D eigenvalue weighted by Crippen LogP contribution is -2.30. The Morgan fingerprint density at radius 3 is 1.39 bits per heavy atom. The number of amides is 4. The summed E-state index contributed by atoms with van der Waals surface area (Å²) in [6.07, 6.45) is 16.2. The first-order chi connectivity index (χ1) is 50.6. The standard InChI is InChI=1S/C30H25N3O4.C20H16O4.C11H12N2O.C10H10O2.C9H7NO3.H2O4S/c34-26-12-6-11-21-22(26)13-14-27(25(21)17-33-29(35)23-9-4-5-10-24(23)30(33)36)37-28(18-32-16-15-31-19-32)20-7-2-1-3-8-20;21-17-7-3-6-11-12(17)8-9-18(22)15(11)10-16-19(23)13-4-1-2-5-14(13)20(16)24;14-11(8-13-7-6-12-9-13)10-4-2-1-3-5-10;11-8-4-5-9-7(6-8)2-1-3-10(9)12;11-5-10-8(12)6-3-1-2-4-7(6)9(10)13;1-5(2,3)4/h1-5,7-10,13-16,19,28H,6,11-12,17-18H2;1-2,4-5,8-9,16,22H,3,6-7,10H2;1-7,9,11,14H,8H2;4-6,11H,1-3H2;1-4,11H,5H2;(H2,1,2,3,4)/t;;11-;;;/m..0.../s1.